The van der Waals surface area contributed by atoms with E-state index in [0.717, 1.165) is 5.69 Å². The average Bonchev–Trinajstić information content (AvgIpc) is 2.49. The molecule has 0 amide bonds. The summed E-state index contributed by atoms with van der Waals surface area (Å²) < 4.78 is 1.83. The highest BCUT2D eigenvalue weighted by Gasteiger charge is 2.03. The predicted molar refractivity (Wildman–Crippen MR) is 57.3 cm³/mol. The van der Waals surface area contributed by atoms with Gasteiger partial charge in [-0.2, -0.15) is 5.10 Å². The van der Waals surface area contributed by atoms with E-state index in [1.807, 2.05) is 10.7 Å². The monoisotopic (exact) mass is 191 g/mol. The summed E-state index contributed by atoms with van der Waals surface area (Å²) in [6.45, 7) is 7.40. The van der Waals surface area contributed by atoms with Gasteiger partial charge in [0.15, 0.2) is 0 Å². The fourth-order valence-corrected chi connectivity index (χ4v) is 1.06. The van der Waals surface area contributed by atoms with Crippen molar-refractivity contribution in [2.24, 2.45) is 11.1 Å². The second-order valence-corrected chi connectivity index (χ2v) is 4.24. The summed E-state index contributed by atoms with van der Waals surface area (Å²) in [6, 6.07) is 1.92. The van der Waals surface area contributed by atoms with Crippen LogP contribution >= 0.6 is 0 Å². The molecule has 0 fully saturated rings. The normalized spacial score (nSPS) is 10.9. The standard InChI is InChI=1S/C11H17N3/c1-11(2,3)6-4-8-14-10(9-12)5-7-13-14/h5,7H,8-9,12H2,1-3H3. The molecule has 2 N–H and O–H groups in total. The van der Waals surface area contributed by atoms with Gasteiger partial charge < -0.3 is 5.73 Å². The van der Waals surface area contributed by atoms with Crippen LogP contribution in [0.5, 0.6) is 0 Å². The lowest BCUT2D eigenvalue weighted by Gasteiger charge is -2.07. The van der Waals surface area contributed by atoms with E-state index in [1.165, 1.54) is 0 Å². The van der Waals surface area contributed by atoms with Gasteiger partial charge in [-0.1, -0.05) is 11.8 Å². The highest BCUT2D eigenvalue weighted by atomic mass is 15.3. The molecule has 0 aliphatic carbocycles. The molecule has 0 saturated heterocycles. The number of nitrogens with zero attached hydrogens (tertiary/aromatic N) is 2. The average molecular weight is 191 g/mol. The predicted octanol–water partition coefficient (Wildman–Crippen LogP) is 1.39. The Morgan fingerprint density at radius 3 is 2.79 bits per heavy atom. The molecule has 76 valence electrons. The molecule has 0 atom stereocenters. The Morgan fingerprint density at radius 2 is 2.21 bits per heavy atom. The Labute approximate surface area is 85.3 Å². The fourth-order valence-electron chi connectivity index (χ4n) is 1.06. The second-order valence-electron chi connectivity index (χ2n) is 4.24. The molecule has 1 rings (SSSR count). The summed E-state index contributed by atoms with van der Waals surface area (Å²) >= 11 is 0. The van der Waals surface area contributed by atoms with Crippen molar-refractivity contribution in [1.82, 2.24) is 9.78 Å². The minimum atomic E-state index is 0.0516. The highest BCUT2D eigenvalue weighted by Crippen LogP contribution is 2.09. The van der Waals surface area contributed by atoms with Gasteiger partial charge in [0.25, 0.3) is 0 Å². The van der Waals surface area contributed by atoms with Crippen LogP contribution in [-0.4, -0.2) is 9.78 Å². The molecule has 1 heterocycles. The van der Waals surface area contributed by atoms with Crippen molar-refractivity contribution >= 4 is 0 Å². The van der Waals surface area contributed by atoms with Crippen LogP contribution in [0.15, 0.2) is 12.3 Å². The molecule has 0 unspecified atom stereocenters. The van der Waals surface area contributed by atoms with E-state index < -0.39 is 0 Å². The van der Waals surface area contributed by atoms with Gasteiger partial charge in [0.1, 0.15) is 6.54 Å². The lowest BCUT2D eigenvalue weighted by atomic mass is 9.98. The topological polar surface area (TPSA) is 43.8 Å². The van der Waals surface area contributed by atoms with E-state index >= 15 is 0 Å². The largest absolute Gasteiger partial charge is 0.325 e. The molecule has 3 nitrogen and oxygen atoms in total. The Hall–Kier alpha value is -1.27. The SMILES string of the molecule is CC(C)(C)C#CCn1nccc1CN. The quantitative estimate of drug-likeness (QED) is 0.718. The van der Waals surface area contributed by atoms with Gasteiger partial charge in [0.2, 0.25) is 0 Å². The summed E-state index contributed by atoms with van der Waals surface area (Å²) in [7, 11) is 0. The molecule has 0 saturated carbocycles. The number of rotatable bonds is 2. The van der Waals surface area contributed by atoms with Crippen molar-refractivity contribution < 1.29 is 0 Å². The first-order chi connectivity index (χ1) is 6.53. The molecule has 0 bridgehead atoms. The van der Waals surface area contributed by atoms with Crippen LogP contribution < -0.4 is 5.73 Å². The molecule has 1 aromatic rings. The van der Waals surface area contributed by atoms with Crippen LogP contribution in [0.2, 0.25) is 0 Å². The lowest BCUT2D eigenvalue weighted by molar-refractivity contribution is 0.568. The van der Waals surface area contributed by atoms with Gasteiger partial charge in [0, 0.05) is 18.2 Å². The summed E-state index contributed by atoms with van der Waals surface area (Å²) in [4.78, 5) is 0. The number of aromatic nitrogens is 2. The Morgan fingerprint density at radius 1 is 1.50 bits per heavy atom. The Balaban J connectivity index is 2.65. The van der Waals surface area contributed by atoms with Crippen LogP contribution in [0.4, 0.5) is 0 Å². The lowest BCUT2D eigenvalue weighted by Crippen LogP contribution is -2.08. The summed E-state index contributed by atoms with van der Waals surface area (Å²) in [6.07, 6.45) is 1.75. The third-order valence-corrected chi connectivity index (χ3v) is 1.71. The summed E-state index contributed by atoms with van der Waals surface area (Å²) in [5, 5.41) is 4.14. The zero-order valence-electron chi connectivity index (χ0n) is 9.04. The van der Waals surface area contributed by atoms with Crippen LogP contribution in [0, 0.1) is 17.3 Å². The van der Waals surface area contributed by atoms with Crippen LogP contribution in [0.1, 0.15) is 26.5 Å². The first-order valence-corrected chi connectivity index (χ1v) is 4.74. The molecule has 0 radical (unpaired) electrons. The van der Waals surface area contributed by atoms with Gasteiger partial charge in [-0.15, -0.1) is 0 Å². The molecule has 0 spiro atoms. The molecule has 0 aliphatic heterocycles. The third kappa shape index (κ3) is 3.23. The first kappa shape index (κ1) is 10.8. The van der Waals surface area contributed by atoms with E-state index in [4.69, 9.17) is 5.73 Å². The molecule has 14 heavy (non-hydrogen) atoms. The first-order valence-electron chi connectivity index (χ1n) is 4.74. The van der Waals surface area contributed by atoms with Gasteiger partial charge in [-0.25, -0.2) is 0 Å². The summed E-state index contributed by atoms with van der Waals surface area (Å²) in [5.41, 5.74) is 6.62. The van der Waals surface area contributed by atoms with Crippen LogP contribution in [-0.2, 0) is 13.1 Å². The van der Waals surface area contributed by atoms with Gasteiger partial charge in [-0.3, -0.25) is 4.68 Å². The molecular formula is C11H17N3. The van der Waals surface area contributed by atoms with Gasteiger partial charge in [-0.05, 0) is 26.8 Å². The maximum Gasteiger partial charge on any atom is 0.102 e. The van der Waals surface area contributed by atoms with Crippen molar-refractivity contribution in [3.05, 3.63) is 18.0 Å². The highest BCUT2D eigenvalue weighted by molar-refractivity contribution is 5.09. The number of nitrogens with two attached hydrogens (primary N) is 1. The molecule has 0 aliphatic rings. The van der Waals surface area contributed by atoms with E-state index in [0.29, 0.717) is 13.1 Å². The zero-order valence-corrected chi connectivity index (χ0v) is 9.04. The molecule has 0 aromatic carbocycles. The molecule has 3 heteroatoms. The maximum atomic E-state index is 5.54. The smallest absolute Gasteiger partial charge is 0.102 e. The van der Waals surface area contributed by atoms with Crippen molar-refractivity contribution in [1.29, 1.82) is 0 Å². The van der Waals surface area contributed by atoms with Gasteiger partial charge >= 0.3 is 0 Å². The van der Waals surface area contributed by atoms with E-state index in [1.54, 1.807) is 6.20 Å². The summed E-state index contributed by atoms with van der Waals surface area (Å²) in [5.74, 6) is 6.26. The van der Waals surface area contributed by atoms with Crippen LogP contribution in [0.25, 0.3) is 0 Å². The van der Waals surface area contributed by atoms with E-state index in [-0.39, 0.29) is 5.41 Å². The second kappa shape index (κ2) is 4.30. The van der Waals surface area contributed by atoms with Crippen LogP contribution in [0.3, 0.4) is 0 Å². The van der Waals surface area contributed by atoms with Crippen molar-refractivity contribution in [2.75, 3.05) is 0 Å². The Kier molecular flexibility index (Phi) is 3.32. The van der Waals surface area contributed by atoms with Crippen molar-refractivity contribution in [3.8, 4) is 11.8 Å². The maximum absolute atomic E-state index is 5.54. The Bertz CT molecular complexity index is 347. The van der Waals surface area contributed by atoms with Crippen molar-refractivity contribution in [3.63, 3.8) is 0 Å². The number of hydrogen-bond acceptors (Lipinski definition) is 2. The van der Waals surface area contributed by atoms with E-state index in [2.05, 4.69) is 37.7 Å². The van der Waals surface area contributed by atoms with Crippen molar-refractivity contribution in [2.45, 2.75) is 33.9 Å². The van der Waals surface area contributed by atoms with Gasteiger partial charge in [0.05, 0.1) is 5.69 Å². The molecular weight excluding hydrogens is 174 g/mol. The number of hydrogen-bond donors (Lipinski definition) is 1. The fraction of sp³-hybridized carbons (Fsp3) is 0.545. The third-order valence-electron chi connectivity index (χ3n) is 1.71. The minimum Gasteiger partial charge on any atom is -0.325 e. The minimum absolute atomic E-state index is 0.0516. The van der Waals surface area contributed by atoms with E-state index in [9.17, 15) is 0 Å². The molecule has 1 aromatic heterocycles. The zero-order chi connectivity index (χ0) is 10.6.